The number of halogens is 2. The van der Waals surface area contributed by atoms with Gasteiger partial charge in [-0.3, -0.25) is 0 Å². The molecular weight excluding hydrogens is 433 g/mol. The van der Waals surface area contributed by atoms with Crippen molar-refractivity contribution in [1.29, 1.82) is 5.26 Å². The van der Waals surface area contributed by atoms with Gasteiger partial charge in [0.2, 0.25) is 0 Å². The van der Waals surface area contributed by atoms with Crippen LogP contribution in [0.15, 0.2) is 30.3 Å². The van der Waals surface area contributed by atoms with Crippen LogP contribution < -0.4 is 4.74 Å². The van der Waals surface area contributed by atoms with Gasteiger partial charge >= 0.3 is 5.97 Å². The molecule has 0 amide bonds. The highest BCUT2D eigenvalue weighted by atomic mass is 35.5. The van der Waals surface area contributed by atoms with Gasteiger partial charge in [0.25, 0.3) is 0 Å². The summed E-state index contributed by atoms with van der Waals surface area (Å²) in [6.45, 7) is 0.281. The van der Waals surface area contributed by atoms with Crippen molar-refractivity contribution >= 4 is 40.5 Å². The van der Waals surface area contributed by atoms with Crippen LogP contribution in [0.1, 0.15) is 33.8 Å². The van der Waals surface area contributed by atoms with Gasteiger partial charge in [0.15, 0.2) is 0 Å². The molecule has 1 saturated carbocycles. The fourth-order valence-corrected chi connectivity index (χ4v) is 5.33. The van der Waals surface area contributed by atoms with Crippen molar-refractivity contribution in [3.63, 3.8) is 0 Å². The third-order valence-corrected chi connectivity index (χ3v) is 6.90. The molecule has 0 radical (unpaired) electrons. The molecule has 0 saturated heterocycles. The summed E-state index contributed by atoms with van der Waals surface area (Å²) in [7, 11) is 0. The second-order valence-corrected chi connectivity index (χ2v) is 9.29. The molecule has 2 N–H and O–H groups in total. The Morgan fingerprint density at radius 3 is 2.59 bits per heavy atom. The molecule has 0 bridgehead atoms. The minimum absolute atomic E-state index is 0.0172. The van der Waals surface area contributed by atoms with Gasteiger partial charge in [-0.15, -0.1) is 11.3 Å². The van der Waals surface area contributed by atoms with Gasteiger partial charge in [0.05, 0.1) is 24.7 Å². The number of nitriles is 1. The van der Waals surface area contributed by atoms with Crippen LogP contribution in [0, 0.1) is 29.1 Å². The first-order valence-electron chi connectivity index (χ1n) is 9.36. The van der Waals surface area contributed by atoms with Gasteiger partial charge in [-0.25, -0.2) is 4.79 Å². The highest BCUT2D eigenvalue weighted by Gasteiger charge is 2.42. The molecule has 8 heteroatoms. The SMILES string of the molecule is N#C[C@@H]1CC(O)C(COc2cc(Cl)cc(Cl)c2)[C@H]1CCCc1ccc(C(=O)O)s1. The molecular formula is C21H21Cl2NO4S. The minimum atomic E-state index is -0.914. The fourth-order valence-electron chi connectivity index (χ4n) is 3.94. The maximum atomic E-state index is 11.0. The Morgan fingerprint density at radius 2 is 1.97 bits per heavy atom. The first-order valence-corrected chi connectivity index (χ1v) is 10.9. The summed E-state index contributed by atoms with van der Waals surface area (Å²) in [6, 6.07) is 10.7. The van der Waals surface area contributed by atoms with Gasteiger partial charge in [0, 0.05) is 20.8 Å². The molecule has 4 atom stereocenters. The van der Waals surface area contributed by atoms with Crippen LogP contribution in [0.3, 0.4) is 0 Å². The van der Waals surface area contributed by atoms with Crippen LogP contribution in [-0.4, -0.2) is 28.9 Å². The van der Waals surface area contributed by atoms with Gasteiger partial charge < -0.3 is 14.9 Å². The Hall–Kier alpha value is -1.78. The number of hydrogen-bond acceptors (Lipinski definition) is 5. The standard InChI is InChI=1S/C21H21Cl2NO4S/c22-13-7-14(23)9-15(8-13)28-11-18-17(12(10-24)6-19(18)25)3-1-2-16-4-5-20(29-16)21(26)27/h4-5,7-9,12,17-19,25H,1-3,6,11H2,(H,26,27)/t12-,17-,18?,19?/m0/s1. The van der Waals surface area contributed by atoms with Gasteiger partial charge in [-0.05, 0) is 61.9 Å². The lowest BCUT2D eigenvalue weighted by Gasteiger charge is -2.23. The molecule has 154 valence electrons. The summed E-state index contributed by atoms with van der Waals surface area (Å²) in [6.07, 6.45) is 2.17. The van der Waals surface area contributed by atoms with E-state index in [0.717, 1.165) is 24.1 Å². The number of thiophene rings is 1. The third kappa shape index (κ3) is 5.64. The molecule has 3 rings (SSSR count). The molecule has 1 fully saturated rings. The monoisotopic (exact) mass is 453 g/mol. The molecule has 1 aliphatic rings. The van der Waals surface area contributed by atoms with E-state index in [1.165, 1.54) is 11.3 Å². The number of carboxylic acids is 1. The van der Waals surface area contributed by atoms with Crippen molar-refractivity contribution in [2.75, 3.05) is 6.61 Å². The van der Waals surface area contributed by atoms with Gasteiger partial charge in [-0.2, -0.15) is 5.26 Å². The number of aliphatic hydroxyl groups excluding tert-OH is 1. The lowest BCUT2D eigenvalue weighted by Crippen LogP contribution is -2.27. The predicted molar refractivity (Wildman–Crippen MR) is 113 cm³/mol. The number of aryl methyl sites for hydroxylation is 1. The van der Waals surface area contributed by atoms with E-state index >= 15 is 0 Å². The predicted octanol–water partition coefficient (Wildman–Crippen LogP) is 5.29. The van der Waals surface area contributed by atoms with Crippen LogP contribution in [0.4, 0.5) is 0 Å². The van der Waals surface area contributed by atoms with Crippen molar-refractivity contribution in [2.45, 2.75) is 31.8 Å². The van der Waals surface area contributed by atoms with E-state index in [9.17, 15) is 15.2 Å². The van der Waals surface area contributed by atoms with Crippen LogP contribution in [0.2, 0.25) is 10.0 Å². The van der Waals surface area contributed by atoms with E-state index in [1.807, 2.05) is 6.07 Å². The number of aromatic carboxylic acids is 1. The number of carbonyl (C=O) groups is 1. The zero-order valence-corrected chi connectivity index (χ0v) is 17.9. The molecule has 2 aromatic rings. The van der Waals surface area contributed by atoms with Crippen molar-refractivity contribution in [1.82, 2.24) is 0 Å². The quantitative estimate of drug-likeness (QED) is 0.566. The lowest BCUT2D eigenvalue weighted by molar-refractivity contribution is 0.0701. The number of nitrogens with zero attached hydrogens (tertiary/aromatic N) is 1. The van der Waals surface area contributed by atoms with E-state index in [1.54, 1.807) is 24.3 Å². The summed E-state index contributed by atoms with van der Waals surface area (Å²) in [5.74, 6) is -0.741. The second-order valence-electron chi connectivity index (χ2n) is 7.25. The average Bonchev–Trinajstić information content (AvgIpc) is 3.24. The lowest BCUT2D eigenvalue weighted by atomic mass is 9.85. The molecule has 1 aromatic heterocycles. The topological polar surface area (TPSA) is 90.5 Å². The molecule has 0 aliphatic heterocycles. The van der Waals surface area contributed by atoms with Crippen LogP contribution in [-0.2, 0) is 6.42 Å². The van der Waals surface area contributed by atoms with E-state index in [2.05, 4.69) is 6.07 Å². The first kappa shape index (κ1) is 21.9. The number of benzene rings is 1. The number of aliphatic hydroxyl groups is 1. The molecule has 5 nitrogen and oxygen atoms in total. The Labute approximate surface area is 183 Å². The van der Waals surface area contributed by atoms with E-state index in [0.29, 0.717) is 27.1 Å². The Morgan fingerprint density at radius 1 is 1.24 bits per heavy atom. The maximum absolute atomic E-state index is 11.0. The van der Waals surface area contributed by atoms with Crippen molar-refractivity contribution in [3.05, 3.63) is 50.1 Å². The molecule has 1 heterocycles. The Bertz CT molecular complexity index is 890. The van der Waals surface area contributed by atoms with Crippen molar-refractivity contribution < 1.29 is 19.7 Å². The number of rotatable bonds is 8. The van der Waals surface area contributed by atoms with Crippen LogP contribution >= 0.6 is 34.5 Å². The van der Waals surface area contributed by atoms with E-state index in [-0.39, 0.29) is 24.4 Å². The third-order valence-electron chi connectivity index (χ3n) is 5.33. The molecule has 2 unspecified atom stereocenters. The minimum Gasteiger partial charge on any atom is -0.493 e. The van der Waals surface area contributed by atoms with E-state index < -0.39 is 12.1 Å². The van der Waals surface area contributed by atoms with Crippen LogP contribution in [0.25, 0.3) is 0 Å². The summed E-state index contributed by atoms with van der Waals surface area (Å²) in [5.41, 5.74) is 0. The second kappa shape index (κ2) is 9.82. The highest BCUT2D eigenvalue weighted by molar-refractivity contribution is 7.13. The summed E-state index contributed by atoms with van der Waals surface area (Å²) < 4.78 is 5.84. The normalized spacial score (nSPS) is 23.7. The summed E-state index contributed by atoms with van der Waals surface area (Å²) >= 11 is 13.3. The number of hydrogen-bond donors (Lipinski definition) is 2. The van der Waals surface area contributed by atoms with E-state index in [4.69, 9.17) is 33.0 Å². The van der Waals surface area contributed by atoms with Crippen molar-refractivity contribution in [3.8, 4) is 11.8 Å². The number of ether oxygens (including phenoxy) is 1. The largest absolute Gasteiger partial charge is 0.493 e. The zero-order chi connectivity index (χ0) is 21.0. The molecule has 29 heavy (non-hydrogen) atoms. The smallest absolute Gasteiger partial charge is 0.345 e. The van der Waals surface area contributed by atoms with Crippen molar-refractivity contribution in [2.24, 2.45) is 17.8 Å². The Kier molecular flexibility index (Phi) is 7.42. The molecule has 0 spiro atoms. The molecule has 1 aliphatic carbocycles. The Balaban J connectivity index is 1.60. The first-order chi connectivity index (χ1) is 13.9. The van der Waals surface area contributed by atoms with Crippen LogP contribution in [0.5, 0.6) is 5.75 Å². The number of carboxylic acid groups (broad SMARTS) is 1. The average molecular weight is 454 g/mol. The summed E-state index contributed by atoms with van der Waals surface area (Å²) in [5, 5.41) is 30.0. The summed E-state index contributed by atoms with van der Waals surface area (Å²) in [4.78, 5) is 12.3. The van der Waals surface area contributed by atoms with Gasteiger partial charge in [-0.1, -0.05) is 23.2 Å². The fraction of sp³-hybridized carbons (Fsp3) is 0.429. The molecule has 1 aromatic carbocycles. The zero-order valence-electron chi connectivity index (χ0n) is 15.6. The highest BCUT2D eigenvalue weighted by Crippen LogP contribution is 2.41. The maximum Gasteiger partial charge on any atom is 0.345 e. The van der Waals surface area contributed by atoms with Gasteiger partial charge in [0.1, 0.15) is 10.6 Å².